The highest BCUT2D eigenvalue weighted by molar-refractivity contribution is 7.91. The van der Waals surface area contributed by atoms with Crippen molar-refractivity contribution >= 4 is 15.6 Å². The Labute approximate surface area is 101 Å². The van der Waals surface area contributed by atoms with Crippen LogP contribution in [0.5, 0.6) is 0 Å². The van der Waals surface area contributed by atoms with Gasteiger partial charge in [-0.05, 0) is 18.6 Å². The molecule has 0 radical (unpaired) electrons. The van der Waals surface area contributed by atoms with Crippen LogP contribution in [0.2, 0.25) is 0 Å². The van der Waals surface area contributed by atoms with Gasteiger partial charge in [0.1, 0.15) is 0 Å². The second-order valence-electron chi connectivity index (χ2n) is 3.68. The lowest BCUT2D eigenvalue weighted by Crippen LogP contribution is -2.05. The molecule has 0 aliphatic carbocycles. The Bertz CT molecular complexity index is 474. The molecular weight excluding hydrogens is 240 g/mol. The molecule has 5 heteroatoms. The fourth-order valence-electron chi connectivity index (χ4n) is 1.40. The Morgan fingerprint density at radius 2 is 1.82 bits per heavy atom. The molecule has 0 aliphatic heterocycles. The van der Waals surface area contributed by atoms with Gasteiger partial charge in [-0.2, -0.15) is 0 Å². The van der Waals surface area contributed by atoms with Crippen LogP contribution in [0.4, 0.5) is 0 Å². The van der Waals surface area contributed by atoms with Crippen LogP contribution in [0.3, 0.4) is 0 Å². The second-order valence-corrected chi connectivity index (χ2v) is 5.96. The number of ketones is 1. The molecule has 4 nitrogen and oxygen atoms in total. The van der Waals surface area contributed by atoms with Crippen molar-refractivity contribution in [1.29, 1.82) is 0 Å². The normalized spacial score (nSPS) is 11.4. The van der Waals surface area contributed by atoms with E-state index < -0.39 is 9.84 Å². The molecular formula is C12H16O4S. The second kappa shape index (κ2) is 5.93. The predicted molar refractivity (Wildman–Crippen MR) is 64.8 cm³/mol. The van der Waals surface area contributed by atoms with Crippen molar-refractivity contribution in [3.05, 3.63) is 29.8 Å². The van der Waals surface area contributed by atoms with E-state index in [1.165, 1.54) is 24.3 Å². The number of aliphatic hydroxyl groups is 1. The third-order valence-electron chi connectivity index (χ3n) is 2.48. The van der Waals surface area contributed by atoms with E-state index in [0.717, 1.165) is 0 Å². The van der Waals surface area contributed by atoms with Crippen LogP contribution in [-0.2, 0) is 9.84 Å². The minimum absolute atomic E-state index is 0.0198. The van der Waals surface area contributed by atoms with Crippen LogP contribution in [0.25, 0.3) is 0 Å². The summed E-state index contributed by atoms with van der Waals surface area (Å²) in [5, 5.41) is 8.61. The van der Waals surface area contributed by atoms with Crippen molar-refractivity contribution in [2.75, 3.05) is 12.4 Å². The van der Waals surface area contributed by atoms with E-state index in [1.807, 2.05) is 0 Å². The molecule has 0 bridgehead atoms. The van der Waals surface area contributed by atoms with Crippen molar-refractivity contribution in [1.82, 2.24) is 0 Å². The molecule has 0 unspecified atom stereocenters. The maximum absolute atomic E-state index is 11.6. The van der Waals surface area contributed by atoms with E-state index >= 15 is 0 Å². The highest BCUT2D eigenvalue weighted by Gasteiger charge is 2.12. The molecule has 17 heavy (non-hydrogen) atoms. The van der Waals surface area contributed by atoms with E-state index in [4.69, 9.17) is 5.11 Å². The van der Waals surface area contributed by atoms with Crippen molar-refractivity contribution in [2.45, 2.75) is 24.7 Å². The maximum Gasteiger partial charge on any atom is 0.178 e. The number of sulfone groups is 1. The standard InChI is InChI=1S/C12H16O4S/c1-2-17(15,16)11-7-5-10(6-8-11)12(14)4-3-9-13/h5-8,13H,2-4,9H2,1H3. The molecule has 1 aromatic carbocycles. The molecule has 1 N–H and O–H groups in total. The van der Waals surface area contributed by atoms with Crippen LogP contribution >= 0.6 is 0 Å². The smallest absolute Gasteiger partial charge is 0.178 e. The summed E-state index contributed by atoms with van der Waals surface area (Å²) >= 11 is 0. The van der Waals surface area contributed by atoms with E-state index in [2.05, 4.69) is 0 Å². The highest BCUT2D eigenvalue weighted by atomic mass is 32.2. The first-order valence-electron chi connectivity index (χ1n) is 5.48. The third kappa shape index (κ3) is 3.64. The average molecular weight is 256 g/mol. The number of carbonyl (C=O) groups excluding carboxylic acids is 1. The minimum Gasteiger partial charge on any atom is -0.396 e. The van der Waals surface area contributed by atoms with Gasteiger partial charge < -0.3 is 5.11 Å². The lowest BCUT2D eigenvalue weighted by atomic mass is 10.1. The fraction of sp³-hybridized carbons (Fsp3) is 0.417. The van der Waals surface area contributed by atoms with Gasteiger partial charge in [-0.25, -0.2) is 8.42 Å². The molecule has 1 aromatic rings. The Hall–Kier alpha value is -1.20. The Morgan fingerprint density at radius 3 is 2.29 bits per heavy atom. The van der Waals surface area contributed by atoms with Gasteiger partial charge in [0.05, 0.1) is 10.6 Å². The number of hydrogen-bond donors (Lipinski definition) is 1. The van der Waals surface area contributed by atoms with Gasteiger partial charge in [-0.3, -0.25) is 4.79 Å². The third-order valence-corrected chi connectivity index (χ3v) is 4.23. The number of rotatable bonds is 6. The van der Waals surface area contributed by atoms with Crippen LogP contribution < -0.4 is 0 Å². The van der Waals surface area contributed by atoms with Gasteiger partial charge in [-0.1, -0.05) is 19.1 Å². The Kier molecular flexibility index (Phi) is 4.84. The quantitative estimate of drug-likeness (QED) is 0.782. The first-order chi connectivity index (χ1) is 8.01. The van der Waals surface area contributed by atoms with Gasteiger partial charge in [0.2, 0.25) is 0 Å². The fourth-order valence-corrected chi connectivity index (χ4v) is 2.28. The summed E-state index contributed by atoms with van der Waals surface area (Å²) in [7, 11) is -3.21. The molecule has 1 rings (SSSR count). The van der Waals surface area contributed by atoms with Crippen LogP contribution in [0.1, 0.15) is 30.1 Å². The number of carbonyl (C=O) groups is 1. The predicted octanol–water partition coefficient (Wildman–Crippen LogP) is 1.44. The van der Waals surface area contributed by atoms with Crippen LogP contribution in [-0.4, -0.2) is 31.7 Å². The number of hydrogen-bond acceptors (Lipinski definition) is 4. The van der Waals surface area contributed by atoms with Gasteiger partial charge in [0.25, 0.3) is 0 Å². The lowest BCUT2D eigenvalue weighted by Gasteiger charge is -2.03. The summed E-state index contributed by atoms with van der Waals surface area (Å²) in [5.41, 5.74) is 0.480. The molecule has 0 saturated heterocycles. The van der Waals surface area contributed by atoms with Crippen molar-refractivity contribution < 1.29 is 18.3 Å². The molecule has 0 saturated carbocycles. The van der Waals surface area contributed by atoms with Crippen LogP contribution in [0.15, 0.2) is 29.2 Å². The van der Waals surface area contributed by atoms with E-state index in [1.54, 1.807) is 6.92 Å². The summed E-state index contributed by atoms with van der Waals surface area (Å²) in [5.74, 6) is -0.0374. The van der Waals surface area contributed by atoms with Crippen molar-refractivity contribution in [2.24, 2.45) is 0 Å². The summed E-state index contributed by atoms with van der Waals surface area (Å²) in [6.07, 6.45) is 0.699. The first kappa shape index (κ1) is 13.9. The molecule has 0 amide bonds. The van der Waals surface area contributed by atoms with Gasteiger partial charge in [-0.15, -0.1) is 0 Å². The lowest BCUT2D eigenvalue weighted by molar-refractivity contribution is 0.0971. The largest absolute Gasteiger partial charge is 0.396 e. The van der Waals surface area contributed by atoms with E-state index in [0.29, 0.717) is 12.0 Å². The van der Waals surface area contributed by atoms with E-state index in [-0.39, 0.29) is 29.5 Å². The molecule has 0 fully saturated rings. The number of Topliss-reactive ketones (excluding diaryl/α,β-unsaturated/α-hetero) is 1. The Morgan fingerprint density at radius 1 is 1.24 bits per heavy atom. The zero-order chi connectivity index (χ0) is 12.9. The molecule has 0 aromatic heterocycles. The summed E-state index contributed by atoms with van der Waals surface area (Å²) < 4.78 is 23.1. The molecule has 0 spiro atoms. The number of aliphatic hydroxyl groups excluding tert-OH is 1. The van der Waals surface area contributed by atoms with Crippen molar-refractivity contribution in [3.63, 3.8) is 0 Å². The summed E-state index contributed by atoms with van der Waals surface area (Å²) in [6.45, 7) is 1.56. The molecule has 94 valence electrons. The summed E-state index contributed by atoms with van der Waals surface area (Å²) in [4.78, 5) is 11.8. The minimum atomic E-state index is -3.21. The summed E-state index contributed by atoms with van der Waals surface area (Å²) in [6, 6.07) is 5.93. The zero-order valence-corrected chi connectivity index (χ0v) is 10.5. The Balaban J connectivity index is 2.85. The average Bonchev–Trinajstić information content (AvgIpc) is 2.36. The van der Waals surface area contributed by atoms with Crippen LogP contribution in [0, 0.1) is 0 Å². The number of benzene rings is 1. The zero-order valence-electron chi connectivity index (χ0n) is 9.72. The monoisotopic (exact) mass is 256 g/mol. The SMILES string of the molecule is CCS(=O)(=O)c1ccc(C(=O)CCCO)cc1. The maximum atomic E-state index is 11.6. The van der Waals surface area contributed by atoms with Gasteiger partial charge in [0, 0.05) is 18.6 Å². The molecule has 0 aliphatic rings. The molecule has 0 heterocycles. The van der Waals surface area contributed by atoms with Gasteiger partial charge >= 0.3 is 0 Å². The first-order valence-corrected chi connectivity index (χ1v) is 7.13. The van der Waals surface area contributed by atoms with Crippen molar-refractivity contribution in [3.8, 4) is 0 Å². The molecule has 0 atom stereocenters. The van der Waals surface area contributed by atoms with Gasteiger partial charge in [0.15, 0.2) is 15.6 Å². The van der Waals surface area contributed by atoms with E-state index in [9.17, 15) is 13.2 Å². The topological polar surface area (TPSA) is 71.4 Å². The highest BCUT2D eigenvalue weighted by Crippen LogP contribution is 2.13.